The number of hydrogen-bond acceptors (Lipinski definition) is 4. The second-order valence-electron chi connectivity index (χ2n) is 4.68. The summed E-state index contributed by atoms with van der Waals surface area (Å²) in [6.45, 7) is 1.86. The Morgan fingerprint density at radius 1 is 1.26 bits per heavy atom. The van der Waals surface area contributed by atoms with Gasteiger partial charge in [-0.3, -0.25) is 0 Å². The molecule has 0 fully saturated rings. The van der Waals surface area contributed by atoms with Gasteiger partial charge >= 0.3 is 0 Å². The highest BCUT2D eigenvalue weighted by atomic mass is 79.9. The third-order valence-electron chi connectivity index (χ3n) is 2.94. The predicted octanol–water partition coefficient (Wildman–Crippen LogP) is 3.22. The van der Waals surface area contributed by atoms with Crippen molar-refractivity contribution in [2.24, 2.45) is 5.10 Å². The van der Waals surface area contributed by atoms with E-state index in [0.717, 1.165) is 5.56 Å². The number of sulfonamides is 1. The van der Waals surface area contributed by atoms with Gasteiger partial charge in [0.2, 0.25) is 0 Å². The van der Waals surface area contributed by atoms with Crippen LogP contribution in [0.5, 0.6) is 5.75 Å². The normalized spacial score (nSPS) is 11.7. The third-order valence-corrected chi connectivity index (χ3v) is 4.77. The van der Waals surface area contributed by atoms with E-state index in [4.69, 9.17) is 4.74 Å². The van der Waals surface area contributed by atoms with Crippen molar-refractivity contribution in [1.29, 1.82) is 0 Å². The summed E-state index contributed by atoms with van der Waals surface area (Å²) in [6.07, 6.45) is 1.21. The van der Waals surface area contributed by atoms with Crippen LogP contribution < -0.4 is 9.57 Å². The first-order chi connectivity index (χ1) is 10.8. The Labute approximate surface area is 142 Å². The van der Waals surface area contributed by atoms with Crippen LogP contribution in [0, 0.1) is 12.7 Å². The van der Waals surface area contributed by atoms with Gasteiger partial charge < -0.3 is 4.74 Å². The summed E-state index contributed by atoms with van der Waals surface area (Å²) in [4.78, 5) is 2.18. The van der Waals surface area contributed by atoms with Gasteiger partial charge in [0, 0.05) is 0 Å². The van der Waals surface area contributed by atoms with E-state index in [2.05, 4.69) is 25.9 Å². The fraction of sp³-hybridized carbons (Fsp3) is 0.133. The minimum Gasteiger partial charge on any atom is -0.492 e. The van der Waals surface area contributed by atoms with Gasteiger partial charge in [0.1, 0.15) is 0 Å². The van der Waals surface area contributed by atoms with Crippen LogP contribution in [0.3, 0.4) is 0 Å². The molecular formula is C15H14BrFN2O3S. The van der Waals surface area contributed by atoms with Crippen molar-refractivity contribution in [2.45, 2.75) is 11.8 Å². The minimum absolute atomic E-state index is 0.0717. The molecule has 0 bridgehead atoms. The molecule has 0 aliphatic carbocycles. The number of hydrogen-bond donors (Lipinski definition) is 1. The van der Waals surface area contributed by atoms with Crippen molar-refractivity contribution in [3.8, 4) is 5.75 Å². The van der Waals surface area contributed by atoms with E-state index in [1.54, 1.807) is 18.2 Å². The van der Waals surface area contributed by atoms with Gasteiger partial charge in [0.05, 0.1) is 22.7 Å². The van der Waals surface area contributed by atoms with E-state index >= 15 is 0 Å². The summed E-state index contributed by atoms with van der Waals surface area (Å²) in [7, 11) is -2.40. The second-order valence-corrected chi connectivity index (χ2v) is 7.20. The first-order valence-corrected chi connectivity index (χ1v) is 8.75. The number of nitrogens with zero attached hydrogens (tertiary/aromatic N) is 1. The Kier molecular flexibility index (Phi) is 5.38. The molecule has 0 saturated carbocycles. The van der Waals surface area contributed by atoms with Gasteiger partial charge in [-0.25, -0.2) is 9.22 Å². The third kappa shape index (κ3) is 4.29. The quantitative estimate of drug-likeness (QED) is 0.618. The first kappa shape index (κ1) is 17.4. The summed E-state index contributed by atoms with van der Waals surface area (Å²) >= 11 is 3.17. The van der Waals surface area contributed by atoms with Crippen LogP contribution in [-0.2, 0) is 10.0 Å². The molecule has 2 aromatic carbocycles. The summed E-state index contributed by atoms with van der Waals surface area (Å²) in [5.74, 6) is -0.507. The number of benzene rings is 2. The number of halogens is 2. The van der Waals surface area contributed by atoms with E-state index in [9.17, 15) is 12.8 Å². The van der Waals surface area contributed by atoms with Crippen molar-refractivity contribution in [1.82, 2.24) is 4.83 Å². The van der Waals surface area contributed by atoms with E-state index in [-0.39, 0.29) is 10.6 Å². The highest BCUT2D eigenvalue weighted by Gasteiger charge is 2.12. The Bertz CT molecular complexity index is 813. The minimum atomic E-state index is -3.76. The van der Waals surface area contributed by atoms with Crippen molar-refractivity contribution in [3.05, 3.63) is 57.8 Å². The maximum absolute atomic E-state index is 13.7. The van der Waals surface area contributed by atoms with Gasteiger partial charge in [-0.05, 0) is 52.7 Å². The number of hydrazone groups is 1. The summed E-state index contributed by atoms with van der Waals surface area (Å²) in [5, 5.41) is 3.66. The van der Waals surface area contributed by atoms with Crippen LogP contribution >= 0.6 is 15.9 Å². The largest absolute Gasteiger partial charge is 0.492 e. The summed E-state index contributed by atoms with van der Waals surface area (Å²) < 4.78 is 43.1. The van der Waals surface area contributed by atoms with Crippen LogP contribution in [0.1, 0.15) is 11.1 Å². The molecule has 0 atom stereocenters. The lowest BCUT2D eigenvalue weighted by atomic mass is 10.2. The average Bonchev–Trinajstić information content (AvgIpc) is 2.47. The molecule has 0 unspecified atom stereocenters. The van der Waals surface area contributed by atoms with Gasteiger partial charge in [-0.2, -0.15) is 13.5 Å². The zero-order chi connectivity index (χ0) is 17.0. The molecule has 1 N–H and O–H groups in total. The highest BCUT2D eigenvalue weighted by molar-refractivity contribution is 9.10. The SMILES string of the molecule is COc1c(F)cc(/C=N/NS(=O)(=O)c2ccc(C)cc2)cc1Br. The standard InChI is InChI=1S/C15H14BrFN2O3S/c1-10-3-5-12(6-4-10)23(20,21)19-18-9-11-7-13(16)15(22-2)14(17)8-11/h3-9,19H,1-2H3/b18-9+. The predicted molar refractivity (Wildman–Crippen MR) is 89.7 cm³/mol. The molecule has 23 heavy (non-hydrogen) atoms. The molecule has 0 amide bonds. The average molecular weight is 401 g/mol. The molecule has 0 radical (unpaired) electrons. The monoisotopic (exact) mass is 400 g/mol. The lowest BCUT2D eigenvalue weighted by Gasteiger charge is -2.06. The van der Waals surface area contributed by atoms with Crippen LogP contribution in [0.2, 0.25) is 0 Å². The number of rotatable bonds is 5. The zero-order valence-corrected chi connectivity index (χ0v) is 14.8. The topological polar surface area (TPSA) is 67.8 Å². The van der Waals surface area contributed by atoms with E-state index < -0.39 is 15.8 Å². The number of aryl methyl sites for hydroxylation is 1. The molecule has 122 valence electrons. The van der Waals surface area contributed by atoms with Crippen molar-refractivity contribution in [3.63, 3.8) is 0 Å². The lowest BCUT2D eigenvalue weighted by Crippen LogP contribution is -2.18. The van der Waals surface area contributed by atoms with E-state index in [1.165, 1.54) is 31.5 Å². The Morgan fingerprint density at radius 3 is 2.48 bits per heavy atom. The van der Waals surface area contributed by atoms with Crippen LogP contribution in [-0.4, -0.2) is 21.7 Å². The van der Waals surface area contributed by atoms with Crippen molar-refractivity contribution >= 4 is 32.2 Å². The van der Waals surface area contributed by atoms with Gasteiger partial charge in [-0.15, -0.1) is 0 Å². The molecular weight excluding hydrogens is 387 g/mol. The lowest BCUT2D eigenvalue weighted by molar-refractivity contribution is 0.384. The maximum atomic E-state index is 13.7. The molecule has 0 heterocycles. The summed E-state index contributed by atoms with van der Waals surface area (Å²) in [6, 6.07) is 9.09. The van der Waals surface area contributed by atoms with E-state index in [0.29, 0.717) is 10.0 Å². The Hall–Kier alpha value is -1.93. The van der Waals surface area contributed by atoms with Crippen molar-refractivity contribution < 1.29 is 17.5 Å². The van der Waals surface area contributed by atoms with E-state index in [1.807, 2.05) is 6.92 Å². The Balaban J connectivity index is 2.17. The summed E-state index contributed by atoms with van der Waals surface area (Å²) in [5.41, 5.74) is 1.33. The molecule has 2 rings (SSSR count). The number of nitrogens with one attached hydrogen (secondary N) is 1. The molecule has 2 aromatic rings. The molecule has 8 heteroatoms. The van der Waals surface area contributed by atoms with Gasteiger partial charge in [0.15, 0.2) is 11.6 Å². The second kappa shape index (κ2) is 7.10. The number of methoxy groups -OCH3 is 1. The maximum Gasteiger partial charge on any atom is 0.276 e. The zero-order valence-electron chi connectivity index (χ0n) is 12.4. The fourth-order valence-electron chi connectivity index (χ4n) is 1.79. The molecule has 0 saturated heterocycles. The van der Waals surface area contributed by atoms with Crippen LogP contribution in [0.4, 0.5) is 4.39 Å². The molecule has 0 aliphatic heterocycles. The molecule has 5 nitrogen and oxygen atoms in total. The van der Waals surface area contributed by atoms with Crippen LogP contribution in [0.15, 0.2) is 50.9 Å². The molecule has 0 spiro atoms. The van der Waals surface area contributed by atoms with Crippen molar-refractivity contribution in [2.75, 3.05) is 7.11 Å². The highest BCUT2D eigenvalue weighted by Crippen LogP contribution is 2.28. The smallest absolute Gasteiger partial charge is 0.276 e. The molecule has 0 aliphatic rings. The van der Waals surface area contributed by atoms with Gasteiger partial charge in [0.25, 0.3) is 10.0 Å². The van der Waals surface area contributed by atoms with Crippen LogP contribution in [0.25, 0.3) is 0 Å². The first-order valence-electron chi connectivity index (χ1n) is 6.48. The molecule has 0 aromatic heterocycles. The Morgan fingerprint density at radius 2 is 1.91 bits per heavy atom. The van der Waals surface area contributed by atoms with Gasteiger partial charge in [-0.1, -0.05) is 17.7 Å². The fourth-order valence-corrected chi connectivity index (χ4v) is 3.20. The number of ether oxygens (including phenoxy) is 1.